The molecule has 0 fully saturated rings. The molecule has 0 amide bonds. The van der Waals surface area contributed by atoms with Gasteiger partial charge in [-0.05, 0) is 70.5 Å². The van der Waals surface area contributed by atoms with Gasteiger partial charge in [0.1, 0.15) is 11.3 Å². The molecule has 0 atom stereocenters. The van der Waals surface area contributed by atoms with Crippen molar-refractivity contribution < 1.29 is 9.52 Å². The molecule has 198 valence electrons. The summed E-state index contributed by atoms with van der Waals surface area (Å²) in [5, 5.41) is 11.3. The monoisotopic (exact) mass is 523 g/mol. The summed E-state index contributed by atoms with van der Waals surface area (Å²) in [6, 6.07) is 27.7. The van der Waals surface area contributed by atoms with Crippen molar-refractivity contribution in [3.8, 4) is 40.9 Å². The Morgan fingerprint density at radius 2 is 1.15 bits per heavy atom. The van der Waals surface area contributed by atoms with Crippen LogP contribution >= 0.6 is 0 Å². The maximum atomic E-state index is 11.3. The third kappa shape index (κ3) is 5.96. The lowest BCUT2D eigenvalue weighted by Crippen LogP contribution is -2.10. The third-order valence-corrected chi connectivity index (χ3v) is 6.83. The number of phenols is 1. The number of rotatable bonds is 1. The van der Waals surface area contributed by atoms with E-state index in [-0.39, 0.29) is 16.6 Å². The molecule has 0 aliphatic heterocycles. The van der Waals surface area contributed by atoms with Crippen LogP contribution in [0.4, 0.5) is 0 Å². The average Bonchev–Trinajstić information content (AvgIpc) is 3.35. The average molecular weight is 524 g/mol. The van der Waals surface area contributed by atoms with Crippen molar-refractivity contribution in [2.24, 2.45) is 0 Å². The first kappa shape index (κ1) is 26.9. The molecule has 5 aromatic rings. The highest BCUT2D eigenvalue weighted by Crippen LogP contribution is 2.35. The van der Waals surface area contributed by atoms with Crippen molar-refractivity contribution >= 4 is 11.1 Å². The number of aromatic nitrogens is 1. The molecule has 0 aliphatic carbocycles. The first-order valence-electron chi connectivity index (χ1n) is 13.5. The van der Waals surface area contributed by atoms with Crippen LogP contribution in [-0.2, 0) is 10.8 Å². The van der Waals surface area contributed by atoms with E-state index in [1.165, 1.54) is 11.1 Å². The summed E-state index contributed by atoms with van der Waals surface area (Å²) in [6.07, 6.45) is 0. The Labute approximate surface area is 236 Å². The fourth-order valence-corrected chi connectivity index (χ4v) is 4.34. The minimum atomic E-state index is 0.0189. The van der Waals surface area contributed by atoms with Crippen LogP contribution in [0.1, 0.15) is 74.9 Å². The van der Waals surface area contributed by atoms with Gasteiger partial charge in [0, 0.05) is 16.7 Å². The molecule has 5 rings (SSSR count). The molecule has 3 heteroatoms. The van der Waals surface area contributed by atoms with Crippen LogP contribution in [-0.4, -0.2) is 10.1 Å². The highest BCUT2D eigenvalue weighted by atomic mass is 16.3. The molecule has 0 radical (unpaired) electrons. The van der Waals surface area contributed by atoms with Gasteiger partial charge in [-0.25, -0.2) is 4.98 Å². The molecule has 1 heterocycles. The van der Waals surface area contributed by atoms with E-state index in [2.05, 4.69) is 94.5 Å². The summed E-state index contributed by atoms with van der Waals surface area (Å²) in [6.45, 7) is 13.1. The van der Waals surface area contributed by atoms with E-state index in [1.807, 2.05) is 54.6 Å². The number of oxazole rings is 1. The molecule has 1 aromatic heterocycles. The van der Waals surface area contributed by atoms with Gasteiger partial charge in [0.2, 0.25) is 5.89 Å². The molecule has 0 saturated heterocycles. The van der Waals surface area contributed by atoms with Crippen LogP contribution in [0.15, 0.2) is 89.3 Å². The molecular formula is C37H33NO2. The van der Waals surface area contributed by atoms with E-state index >= 15 is 0 Å². The van der Waals surface area contributed by atoms with Crippen molar-refractivity contribution in [3.05, 3.63) is 118 Å². The van der Waals surface area contributed by atoms with Crippen molar-refractivity contribution in [3.63, 3.8) is 0 Å². The smallest absolute Gasteiger partial charge is 0.231 e. The van der Waals surface area contributed by atoms with E-state index < -0.39 is 0 Å². The third-order valence-electron chi connectivity index (χ3n) is 6.83. The summed E-state index contributed by atoms with van der Waals surface area (Å²) in [7, 11) is 0. The molecule has 40 heavy (non-hydrogen) atoms. The zero-order chi connectivity index (χ0) is 28.5. The first-order valence-corrected chi connectivity index (χ1v) is 13.5. The van der Waals surface area contributed by atoms with E-state index in [1.54, 1.807) is 6.07 Å². The SMILES string of the molecule is CC(C)(C)c1ccc(C#Cc2cc(C#Cc3ccc(C(C)(C)C)cc3)c(O)c(-c3nc4ccccc4o3)c2)cc1. The van der Waals surface area contributed by atoms with Crippen LogP contribution < -0.4 is 0 Å². The number of phenolic OH excluding ortho intramolecular Hbond substituents is 1. The van der Waals surface area contributed by atoms with Crippen molar-refractivity contribution in [1.82, 2.24) is 4.98 Å². The standard InChI is InChI=1S/C37H33NO2/c1-36(2,3)29-19-14-25(15-20-29)11-12-27-23-28(18-13-26-16-21-30(22-17-26)37(4,5)6)34(39)31(24-27)35-38-32-9-7-8-10-33(32)40-35/h7-10,14-17,19-24,39H,1-6H3. The summed E-state index contributed by atoms with van der Waals surface area (Å²) >= 11 is 0. The minimum absolute atomic E-state index is 0.0189. The maximum absolute atomic E-state index is 11.3. The van der Waals surface area contributed by atoms with Gasteiger partial charge in [0.15, 0.2) is 5.58 Å². The van der Waals surface area contributed by atoms with E-state index in [0.717, 1.165) is 16.6 Å². The topological polar surface area (TPSA) is 46.3 Å². The van der Waals surface area contributed by atoms with Gasteiger partial charge in [0.05, 0.1) is 11.1 Å². The van der Waals surface area contributed by atoms with Crippen molar-refractivity contribution in [1.29, 1.82) is 0 Å². The maximum Gasteiger partial charge on any atom is 0.231 e. The van der Waals surface area contributed by atoms with E-state index in [9.17, 15) is 5.11 Å². The largest absolute Gasteiger partial charge is 0.506 e. The molecule has 3 nitrogen and oxygen atoms in total. The van der Waals surface area contributed by atoms with Crippen molar-refractivity contribution in [2.45, 2.75) is 52.4 Å². The number of para-hydroxylation sites is 2. The molecule has 0 aliphatic rings. The summed E-state index contributed by atoms with van der Waals surface area (Å²) in [5.41, 5.74) is 7.44. The van der Waals surface area contributed by atoms with Gasteiger partial charge in [-0.2, -0.15) is 0 Å². The number of benzene rings is 4. The lowest BCUT2D eigenvalue weighted by atomic mass is 9.87. The number of fused-ring (bicyclic) bond motifs is 1. The van der Waals surface area contributed by atoms with E-state index in [0.29, 0.717) is 28.2 Å². The van der Waals surface area contributed by atoms with Gasteiger partial charge >= 0.3 is 0 Å². The Morgan fingerprint density at radius 3 is 1.70 bits per heavy atom. The van der Waals surface area contributed by atoms with Crippen molar-refractivity contribution in [2.75, 3.05) is 0 Å². The molecule has 1 N–H and O–H groups in total. The lowest BCUT2D eigenvalue weighted by Gasteiger charge is -2.18. The van der Waals surface area contributed by atoms with Gasteiger partial charge in [-0.3, -0.25) is 0 Å². The normalized spacial score (nSPS) is 11.4. The van der Waals surface area contributed by atoms with Gasteiger partial charge in [-0.1, -0.05) is 102 Å². The molecule has 0 unspecified atom stereocenters. The fraction of sp³-hybridized carbons (Fsp3) is 0.216. The molecule has 4 aromatic carbocycles. The molecule has 0 spiro atoms. The Bertz CT molecular complexity index is 1770. The summed E-state index contributed by atoms with van der Waals surface area (Å²) in [4.78, 5) is 4.60. The quantitative estimate of drug-likeness (QED) is 0.224. The Kier molecular flexibility index (Phi) is 7.01. The highest BCUT2D eigenvalue weighted by molar-refractivity contribution is 5.79. The summed E-state index contributed by atoms with van der Waals surface area (Å²) < 4.78 is 5.99. The summed E-state index contributed by atoms with van der Waals surface area (Å²) in [5.74, 6) is 13.2. The first-order chi connectivity index (χ1) is 19.0. The number of aromatic hydroxyl groups is 1. The van der Waals surface area contributed by atoms with E-state index in [4.69, 9.17) is 4.42 Å². The minimum Gasteiger partial charge on any atom is -0.506 e. The van der Waals surface area contributed by atoms with Gasteiger partial charge in [0.25, 0.3) is 0 Å². The van der Waals surface area contributed by atoms with Gasteiger partial charge in [-0.15, -0.1) is 0 Å². The van der Waals surface area contributed by atoms with Crippen LogP contribution in [0.3, 0.4) is 0 Å². The van der Waals surface area contributed by atoms with Crippen LogP contribution in [0, 0.1) is 23.7 Å². The zero-order valence-electron chi connectivity index (χ0n) is 23.9. The predicted octanol–water partition coefficient (Wildman–Crippen LogP) is 8.60. The number of hydrogen-bond donors (Lipinski definition) is 1. The molecule has 0 bridgehead atoms. The van der Waals surface area contributed by atoms with Crippen LogP contribution in [0.2, 0.25) is 0 Å². The number of nitrogens with zero attached hydrogens (tertiary/aromatic N) is 1. The highest BCUT2D eigenvalue weighted by Gasteiger charge is 2.17. The number of hydrogen-bond acceptors (Lipinski definition) is 3. The Morgan fingerprint density at radius 1 is 0.625 bits per heavy atom. The second kappa shape index (κ2) is 10.4. The van der Waals surface area contributed by atoms with Gasteiger partial charge < -0.3 is 9.52 Å². The van der Waals surface area contributed by atoms with Crippen LogP contribution in [0.5, 0.6) is 5.75 Å². The fourth-order valence-electron chi connectivity index (χ4n) is 4.34. The Balaban J connectivity index is 1.57. The predicted molar refractivity (Wildman–Crippen MR) is 163 cm³/mol. The lowest BCUT2D eigenvalue weighted by molar-refractivity contribution is 0.472. The molecular weight excluding hydrogens is 490 g/mol. The van der Waals surface area contributed by atoms with Crippen LogP contribution in [0.25, 0.3) is 22.6 Å². The molecule has 0 saturated carbocycles. The zero-order valence-corrected chi connectivity index (χ0v) is 23.9. The second-order valence-electron chi connectivity index (χ2n) is 12.1. The second-order valence-corrected chi connectivity index (χ2v) is 12.1. The Hall–Kier alpha value is -4.73.